The quantitative estimate of drug-likeness (QED) is 0.405. The molecule has 0 heterocycles. The SMILES string of the molecule is CC(=O)OCC[C@@H](CC=C(C)C)c1ccc(OCc2ccccc2)c(C)c1. The summed E-state index contributed by atoms with van der Waals surface area (Å²) in [5.74, 6) is 1.00. The van der Waals surface area contributed by atoms with Crippen LogP contribution in [0.2, 0.25) is 0 Å². The van der Waals surface area contributed by atoms with Crippen molar-refractivity contribution in [3.8, 4) is 5.75 Å². The maximum absolute atomic E-state index is 11.1. The fourth-order valence-electron chi connectivity index (χ4n) is 2.97. The van der Waals surface area contributed by atoms with Crippen LogP contribution in [-0.4, -0.2) is 12.6 Å². The molecule has 2 aromatic rings. The number of carbonyl (C=O) groups is 1. The lowest BCUT2D eigenvalue weighted by atomic mass is 9.91. The molecule has 0 bridgehead atoms. The van der Waals surface area contributed by atoms with E-state index >= 15 is 0 Å². The number of hydrogen-bond donors (Lipinski definition) is 0. The minimum Gasteiger partial charge on any atom is -0.489 e. The highest BCUT2D eigenvalue weighted by Crippen LogP contribution is 2.29. The van der Waals surface area contributed by atoms with Gasteiger partial charge in [0, 0.05) is 6.92 Å². The number of hydrogen-bond acceptors (Lipinski definition) is 3. The van der Waals surface area contributed by atoms with Crippen molar-refractivity contribution in [1.29, 1.82) is 0 Å². The Labute approximate surface area is 163 Å². The van der Waals surface area contributed by atoms with Crippen LogP contribution in [0.1, 0.15) is 56.2 Å². The third-order valence-electron chi connectivity index (χ3n) is 4.49. The van der Waals surface area contributed by atoms with Crippen molar-refractivity contribution >= 4 is 5.97 Å². The second-order valence-corrected chi connectivity index (χ2v) is 7.14. The van der Waals surface area contributed by atoms with Crippen LogP contribution in [0.25, 0.3) is 0 Å². The fourth-order valence-corrected chi connectivity index (χ4v) is 2.97. The minimum atomic E-state index is -0.225. The summed E-state index contributed by atoms with van der Waals surface area (Å²) >= 11 is 0. The Hall–Kier alpha value is -2.55. The molecule has 0 fully saturated rings. The van der Waals surface area contributed by atoms with Crippen molar-refractivity contribution in [3.63, 3.8) is 0 Å². The molecule has 0 aliphatic heterocycles. The lowest BCUT2D eigenvalue weighted by Gasteiger charge is -2.18. The summed E-state index contributed by atoms with van der Waals surface area (Å²) in [6.45, 7) is 8.75. The molecule has 1 atom stereocenters. The number of aryl methyl sites for hydroxylation is 1. The third-order valence-corrected chi connectivity index (χ3v) is 4.49. The molecule has 0 N–H and O–H groups in total. The van der Waals surface area contributed by atoms with Gasteiger partial charge in [-0.3, -0.25) is 4.79 Å². The standard InChI is InChI=1S/C24H30O3/c1-18(2)10-11-22(14-15-26-20(4)25)23-12-13-24(19(3)16-23)27-17-21-8-6-5-7-9-21/h5-10,12-13,16,22H,11,14-15,17H2,1-4H3/t22-/m1/s1. The van der Waals surface area contributed by atoms with E-state index in [0.717, 1.165) is 29.7 Å². The Bertz CT molecular complexity index is 758. The Kier molecular flexibility index (Phi) is 8.12. The summed E-state index contributed by atoms with van der Waals surface area (Å²) in [5.41, 5.74) is 4.83. The van der Waals surface area contributed by atoms with Crippen LogP contribution in [0.3, 0.4) is 0 Å². The van der Waals surface area contributed by atoms with Crippen molar-refractivity contribution in [2.24, 2.45) is 0 Å². The Morgan fingerprint density at radius 2 is 1.81 bits per heavy atom. The normalized spacial score (nSPS) is 11.6. The molecule has 0 spiro atoms. The summed E-state index contributed by atoms with van der Waals surface area (Å²) in [7, 11) is 0. The number of benzene rings is 2. The van der Waals surface area contributed by atoms with Crippen LogP contribution in [0.15, 0.2) is 60.2 Å². The minimum absolute atomic E-state index is 0.225. The number of rotatable bonds is 9. The highest BCUT2D eigenvalue weighted by molar-refractivity contribution is 5.65. The average molecular weight is 367 g/mol. The molecule has 0 saturated carbocycles. The lowest BCUT2D eigenvalue weighted by Crippen LogP contribution is -2.07. The van der Waals surface area contributed by atoms with Crippen LogP contribution in [0.5, 0.6) is 5.75 Å². The highest BCUT2D eigenvalue weighted by atomic mass is 16.5. The number of esters is 1. The first kappa shape index (κ1) is 20.8. The zero-order valence-corrected chi connectivity index (χ0v) is 16.8. The van der Waals surface area contributed by atoms with Crippen molar-refractivity contribution < 1.29 is 14.3 Å². The van der Waals surface area contributed by atoms with Crippen molar-refractivity contribution in [3.05, 3.63) is 76.9 Å². The molecule has 0 aliphatic carbocycles. The summed E-state index contributed by atoms with van der Waals surface area (Å²) in [6, 6.07) is 16.5. The van der Waals surface area contributed by atoms with Gasteiger partial charge in [-0.25, -0.2) is 0 Å². The van der Waals surface area contributed by atoms with Gasteiger partial charge in [-0.2, -0.15) is 0 Å². The second kappa shape index (κ2) is 10.6. The van der Waals surface area contributed by atoms with Crippen LogP contribution in [0, 0.1) is 6.92 Å². The molecule has 0 saturated heterocycles. The van der Waals surface area contributed by atoms with E-state index in [0.29, 0.717) is 19.1 Å². The van der Waals surface area contributed by atoms with E-state index in [2.05, 4.69) is 57.2 Å². The van der Waals surface area contributed by atoms with E-state index in [1.165, 1.54) is 18.1 Å². The van der Waals surface area contributed by atoms with Crippen molar-refractivity contribution in [2.45, 2.75) is 53.1 Å². The molecule has 0 radical (unpaired) electrons. The molecule has 0 amide bonds. The predicted molar refractivity (Wildman–Crippen MR) is 110 cm³/mol. The van der Waals surface area contributed by atoms with E-state index in [4.69, 9.17) is 9.47 Å². The molecular formula is C24H30O3. The van der Waals surface area contributed by atoms with E-state index in [-0.39, 0.29) is 5.97 Å². The Morgan fingerprint density at radius 3 is 2.44 bits per heavy atom. The summed E-state index contributed by atoms with van der Waals surface area (Å²) in [4.78, 5) is 11.1. The average Bonchev–Trinajstić information content (AvgIpc) is 2.64. The van der Waals surface area contributed by atoms with Crippen LogP contribution >= 0.6 is 0 Å². The van der Waals surface area contributed by atoms with Crippen LogP contribution in [-0.2, 0) is 16.1 Å². The zero-order valence-electron chi connectivity index (χ0n) is 16.8. The molecule has 3 nitrogen and oxygen atoms in total. The Morgan fingerprint density at radius 1 is 1.07 bits per heavy atom. The first-order valence-corrected chi connectivity index (χ1v) is 9.49. The Balaban J connectivity index is 2.07. The zero-order chi connectivity index (χ0) is 19.6. The summed E-state index contributed by atoms with van der Waals surface area (Å²) < 4.78 is 11.1. The topological polar surface area (TPSA) is 35.5 Å². The lowest BCUT2D eigenvalue weighted by molar-refractivity contribution is -0.141. The van der Waals surface area contributed by atoms with E-state index < -0.39 is 0 Å². The van der Waals surface area contributed by atoms with Gasteiger partial charge in [0.15, 0.2) is 0 Å². The molecular weight excluding hydrogens is 336 g/mol. The smallest absolute Gasteiger partial charge is 0.302 e. The molecule has 144 valence electrons. The first-order valence-electron chi connectivity index (χ1n) is 9.49. The van der Waals surface area contributed by atoms with Gasteiger partial charge in [0.05, 0.1) is 6.61 Å². The highest BCUT2D eigenvalue weighted by Gasteiger charge is 2.13. The predicted octanol–water partition coefficient (Wildman–Crippen LogP) is 5.97. The van der Waals surface area contributed by atoms with Gasteiger partial charge in [-0.15, -0.1) is 0 Å². The fraction of sp³-hybridized carbons (Fsp3) is 0.375. The largest absolute Gasteiger partial charge is 0.489 e. The van der Waals surface area contributed by atoms with Gasteiger partial charge in [-0.05, 0) is 62.3 Å². The van der Waals surface area contributed by atoms with Gasteiger partial charge < -0.3 is 9.47 Å². The molecule has 2 rings (SSSR count). The number of carbonyl (C=O) groups excluding carboxylic acids is 1. The molecule has 3 heteroatoms. The third kappa shape index (κ3) is 7.30. The number of allylic oxidation sites excluding steroid dienone is 2. The van der Waals surface area contributed by atoms with E-state index in [9.17, 15) is 4.79 Å². The van der Waals surface area contributed by atoms with Gasteiger partial charge in [0.2, 0.25) is 0 Å². The van der Waals surface area contributed by atoms with E-state index in [1.54, 1.807) is 0 Å². The van der Waals surface area contributed by atoms with Gasteiger partial charge in [0.1, 0.15) is 12.4 Å². The van der Waals surface area contributed by atoms with Crippen molar-refractivity contribution in [1.82, 2.24) is 0 Å². The number of ether oxygens (including phenoxy) is 2. The molecule has 0 aliphatic rings. The molecule has 0 unspecified atom stereocenters. The first-order chi connectivity index (χ1) is 13.0. The monoisotopic (exact) mass is 366 g/mol. The van der Waals surface area contributed by atoms with Crippen molar-refractivity contribution in [2.75, 3.05) is 6.61 Å². The van der Waals surface area contributed by atoms with Gasteiger partial charge in [-0.1, -0.05) is 54.1 Å². The molecule has 2 aromatic carbocycles. The van der Waals surface area contributed by atoms with Gasteiger partial charge >= 0.3 is 5.97 Å². The van der Waals surface area contributed by atoms with Crippen LogP contribution < -0.4 is 4.74 Å². The summed E-state index contributed by atoms with van der Waals surface area (Å²) in [5, 5.41) is 0. The van der Waals surface area contributed by atoms with Gasteiger partial charge in [0.25, 0.3) is 0 Å². The van der Waals surface area contributed by atoms with Crippen LogP contribution in [0.4, 0.5) is 0 Å². The maximum Gasteiger partial charge on any atom is 0.302 e. The second-order valence-electron chi connectivity index (χ2n) is 7.14. The maximum atomic E-state index is 11.1. The van der Waals surface area contributed by atoms with E-state index in [1.807, 2.05) is 18.2 Å². The molecule has 0 aromatic heterocycles. The molecule has 27 heavy (non-hydrogen) atoms. The summed E-state index contributed by atoms with van der Waals surface area (Å²) in [6.07, 6.45) is 3.99.